The second kappa shape index (κ2) is 7.64. The summed E-state index contributed by atoms with van der Waals surface area (Å²) in [7, 11) is 1.83. The minimum atomic E-state index is -1.44. The van der Waals surface area contributed by atoms with Crippen molar-refractivity contribution in [3.05, 3.63) is 32.6 Å². The molecule has 0 aromatic carbocycles. The van der Waals surface area contributed by atoms with E-state index >= 15 is 0 Å². The SMILES string of the molecule is CNCCCCc1cn(C2OC(C=O)C(O)C2O)c(=O)[nH]c1=O. The van der Waals surface area contributed by atoms with Crippen LogP contribution in [0.4, 0.5) is 0 Å². The summed E-state index contributed by atoms with van der Waals surface area (Å²) in [6.45, 7) is 0.815. The van der Waals surface area contributed by atoms with Crippen molar-refractivity contribution >= 4 is 6.29 Å². The Kier molecular flexibility index (Phi) is 5.83. The third-order valence-corrected chi connectivity index (χ3v) is 3.85. The molecule has 1 aliphatic rings. The Bertz CT molecular complexity index is 655. The Hall–Kier alpha value is -1.81. The number of nitrogens with zero attached hydrogens (tertiary/aromatic N) is 1. The molecular formula is C14H21N3O6. The van der Waals surface area contributed by atoms with Crippen LogP contribution in [0.2, 0.25) is 0 Å². The van der Waals surface area contributed by atoms with E-state index in [4.69, 9.17) is 4.74 Å². The molecule has 0 saturated carbocycles. The van der Waals surface area contributed by atoms with Crippen molar-refractivity contribution in [2.24, 2.45) is 0 Å². The number of carbonyl (C=O) groups excluding carboxylic acids is 1. The van der Waals surface area contributed by atoms with Gasteiger partial charge in [0.1, 0.15) is 18.3 Å². The van der Waals surface area contributed by atoms with Crippen LogP contribution in [-0.4, -0.2) is 58.0 Å². The highest BCUT2D eigenvalue weighted by Crippen LogP contribution is 2.27. The number of aliphatic hydroxyl groups is 2. The van der Waals surface area contributed by atoms with Crippen molar-refractivity contribution in [1.82, 2.24) is 14.9 Å². The zero-order valence-electron chi connectivity index (χ0n) is 12.8. The van der Waals surface area contributed by atoms with Crippen LogP contribution in [0.1, 0.15) is 24.6 Å². The van der Waals surface area contributed by atoms with Gasteiger partial charge < -0.3 is 25.1 Å². The maximum atomic E-state index is 11.9. The number of unbranched alkanes of at least 4 members (excludes halogenated alkanes) is 1. The Morgan fingerprint density at radius 3 is 2.70 bits per heavy atom. The quantitative estimate of drug-likeness (QED) is 0.333. The minimum Gasteiger partial charge on any atom is -0.387 e. The van der Waals surface area contributed by atoms with Gasteiger partial charge in [-0.3, -0.25) is 14.3 Å². The second-order valence-electron chi connectivity index (χ2n) is 5.49. The first-order valence-corrected chi connectivity index (χ1v) is 7.45. The molecule has 4 atom stereocenters. The highest BCUT2D eigenvalue weighted by Gasteiger charge is 2.44. The first-order valence-electron chi connectivity index (χ1n) is 7.45. The summed E-state index contributed by atoms with van der Waals surface area (Å²) < 4.78 is 6.21. The lowest BCUT2D eigenvalue weighted by molar-refractivity contribution is -0.122. The zero-order valence-corrected chi connectivity index (χ0v) is 12.8. The van der Waals surface area contributed by atoms with E-state index in [1.54, 1.807) is 0 Å². The summed E-state index contributed by atoms with van der Waals surface area (Å²) in [6.07, 6.45) is -1.55. The molecule has 0 aliphatic carbocycles. The number of rotatable bonds is 7. The summed E-state index contributed by atoms with van der Waals surface area (Å²) in [5.41, 5.74) is -0.881. The number of aldehydes is 1. The fourth-order valence-corrected chi connectivity index (χ4v) is 2.54. The molecule has 0 bridgehead atoms. The van der Waals surface area contributed by atoms with Gasteiger partial charge in [0, 0.05) is 11.8 Å². The molecule has 2 heterocycles. The first-order chi connectivity index (χ1) is 11.0. The highest BCUT2D eigenvalue weighted by molar-refractivity contribution is 5.58. The van der Waals surface area contributed by atoms with E-state index in [-0.39, 0.29) is 0 Å². The van der Waals surface area contributed by atoms with Crippen LogP contribution in [0.25, 0.3) is 0 Å². The molecule has 23 heavy (non-hydrogen) atoms. The lowest BCUT2D eigenvalue weighted by Crippen LogP contribution is -2.38. The van der Waals surface area contributed by atoms with Gasteiger partial charge in [-0.25, -0.2) is 4.79 Å². The predicted molar refractivity (Wildman–Crippen MR) is 80.2 cm³/mol. The van der Waals surface area contributed by atoms with Crippen LogP contribution in [0, 0.1) is 0 Å². The number of nitrogens with one attached hydrogen (secondary N) is 2. The molecule has 1 fully saturated rings. The van der Waals surface area contributed by atoms with Crippen molar-refractivity contribution in [3.63, 3.8) is 0 Å². The Labute approximate surface area is 131 Å². The number of hydrogen-bond acceptors (Lipinski definition) is 7. The molecule has 0 spiro atoms. The number of aliphatic hydroxyl groups excluding tert-OH is 2. The average molecular weight is 327 g/mol. The molecule has 1 aliphatic heterocycles. The van der Waals surface area contributed by atoms with Gasteiger partial charge >= 0.3 is 5.69 Å². The van der Waals surface area contributed by atoms with E-state index in [0.29, 0.717) is 18.3 Å². The van der Waals surface area contributed by atoms with Crippen LogP contribution >= 0.6 is 0 Å². The van der Waals surface area contributed by atoms with Gasteiger partial charge in [-0.05, 0) is 32.9 Å². The molecule has 1 aromatic heterocycles. The molecule has 0 amide bonds. The second-order valence-corrected chi connectivity index (χ2v) is 5.49. The van der Waals surface area contributed by atoms with Crippen LogP contribution in [0.3, 0.4) is 0 Å². The fraction of sp³-hybridized carbons (Fsp3) is 0.643. The minimum absolute atomic E-state index is 0.364. The normalized spacial score (nSPS) is 27.3. The Balaban J connectivity index is 2.23. The lowest BCUT2D eigenvalue weighted by Gasteiger charge is -2.17. The summed E-state index contributed by atoms with van der Waals surface area (Å²) in [6, 6.07) is 0. The molecular weight excluding hydrogens is 306 g/mol. The van der Waals surface area contributed by atoms with Gasteiger partial charge in [0.2, 0.25) is 0 Å². The molecule has 128 valence electrons. The van der Waals surface area contributed by atoms with Gasteiger partial charge in [0.25, 0.3) is 5.56 Å². The van der Waals surface area contributed by atoms with Gasteiger partial charge in [0.05, 0.1) is 0 Å². The molecule has 1 aromatic rings. The maximum Gasteiger partial charge on any atom is 0.330 e. The largest absolute Gasteiger partial charge is 0.387 e. The van der Waals surface area contributed by atoms with Gasteiger partial charge in [-0.15, -0.1) is 0 Å². The lowest BCUT2D eigenvalue weighted by atomic mass is 10.1. The maximum absolute atomic E-state index is 11.9. The van der Waals surface area contributed by atoms with Crippen LogP contribution in [-0.2, 0) is 16.0 Å². The molecule has 9 heteroatoms. The molecule has 0 radical (unpaired) electrons. The van der Waals surface area contributed by atoms with E-state index < -0.39 is 35.8 Å². The van der Waals surface area contributed by atoms with Crippen molar-refractivity contribution in [2.45, 2.75) is 43.8 Å². The summed E-state index contributed by atoms with van der Waals surface area (Å²) in [4.78, 5) is 36.8. The summed E-state index contributed by atoms with van der Waals surface area (Å²) in [5.74, 6) is 0. The van der Waals surface area contributed by atoms with E-state index in [1.165, 1.54) is 6.20 Å². The molecule has 4 N–H and O–H groups in total. The third kappa shape index (κ3) is 3.75. The number of carbonyl (C=O) groups is 1. The van der Waals surface area contributed by atoms with Crippen LogP contribution in [0.5, 0.6) is 0 Å². The molecule has 1 saturated heterocycles. The van der Waals surface area contributed by atoms with Crippen molar-refractivity contribution < 1.29 is 19.7 Å². The van der Waals surface area contributed by atoms with Gasteiger partial charge in [-0.1, -0.05) is 0 Å². The Morgan fingerprint density at radius 2 is 2.09 bits per heavy atom. The van der Waals surface area contributed by atoms with E-state index in [0.717, 1.165) is 24.0 Å². The van der Waals surface area contributed by atoms with E-state index in [9.17, 15) is 24.6 Å². The monoisotopic (exact) mass is 327 g/mol. The zero-order chi connectivity index (χ0) is 17.0. The number of H-pyrrole nitrogens is 1. The number of aromatic amines is 1. The highest BCUT2D eigenvalue weighted by atomic mass is 16.6. The predicted octanol–water partition coefficient (Wildman–Crippen LogP) is -2.10. The smallest absolute Gasteiger partial charge is 0.330 e. The van der Waals surface area contributed by atoms with Crippen molar-refractivity contribution in [3.8, 4) is 0 Å². The average Bonchev–Trinajstić information content (AvgIpc) is 2.81. The Morgan fingerprint density at radius 1 is 1.35 bits per heavy atom. The van der Waals surface area contributed by atoms with Crippen LogP contribution < -0.4 is 16.6 Å². The number of ether oxygens (including phenoxy) is 1. The number of hydrogen-bond donors (Lipinski definition) is 4. The van der Waals surface area contributed by atoms with Crippen LogP contribution in [0.15, 0.2) is 15.8 Å². The molecule has 9 nitrogen and oxygen atoms in total. The molecule has 4 unspecified atom stereocenters. The van der Waals surface area contributed by atoms with Crippen molar-refractivity contribution in [2.75, 3.05) is 13.6 Å². The van der Waals surface area contributed by atoms with Crippen molar-refractivity contribution in [1.29, 1.82) is 0 Å². The first kappa shape index (κ1) is 17.5. The third-order valence-electron chi connectivity index (χ3n) is 3.85. The fourth-order valence-electron chi connectivity index (χ4n) is 2.54. The van der Waals surface area contributed by atoms with Gasteiger partial charge in [0.15, 0.2) is 12.5 Å². The van der Waals surface area contributed by atoms with Gasteiger partial charge in [-0.2, -0.15) is 0 Å². The number of aromatic nitrogens is 2. The van der Waals surface area contributed by atoms with E-state index in [2.05, 4.69) is 10.3 Å². The summed E-state index contributed by atoms with van der Waals surface area (Å²) in [5, 5.41) is 22.7. The van der Waals surface area contributed by atoms with E-state index in [1.807, 2.05) is 7.05 Å². The number of aryl methyl sites for hydroxylation is 1. The molecule has 2 rings (SSSR count). The standard InChI is InChI=1S/C14H21N3O6/c1-15-5-3-2-4-8-6-17(14(22)16-12(8)21)13-11(20)10(19)9(7-18)23-13/h6-7,9-11,13,15,19-20H,2-5H2,1H3,(H,16,21,22). The summed E-state index contributed by atoms with van der Waals surface area (Å²) >= 11 is 0. The topological polar surface area (TPSA) is 134 Å².